The van der Waals surface area contributed by atoms with Crippen LogP contribution in [0.1, 0.15) is 22.5 Å². The van der Waals surface area contributed by atoms with E-state index in [1.807, 2.05) is 42.8 Å². The van der Waals surface area contributed by atoms with Crippen LogP contribution in [0.4, 0.5) is 5.69 Å². The molecule has 0 aliphatic carbocycles. The van der Waals surface area contributed by atoms with Crippen LogP contribution in [0.2, 0.25) is 5.02 Å². The molecule has 0 aliphatic rings. The predicted molar refractivity (Wildman–Crippen MR) is 113 cm³/mol. The van der Waals surface area contributed by atoms with Gasteiger partial charge >= 0.3 is 0 Å². The number of benzene rings is 2. The summed E-state index contributed by atoms with van der Waals surface area (Å²) in [6, 6.07) is 14.9. The smallest absolute Gasteiger partial charge is 0.248 e. The van der Waals surface area contributed by atoms with Crippen molar-refractivity contribution in [3.05, 3.63) is 82.1 Å². The van der Waals surface area contributed by atoms with Crippen molar-refractivity contribution in [3.8, 4) is 5.75 Å². The van der Waals surface area contributed by atoms with E-state index in [4.69, 9.17) is 16.3 Å². The van der Waals surface area contributed by atoms with E-state index in [0.29, 0.717) is 17.3 Å². The lowest BCUT2D eigenvalue weighted by Gasteiger charge is -2.06. The van der Waals surface area contributed by atoms with Crippen molar-refractivity contribution < 1.29 is 9.53 Å². The van der Waals surface area contributed by atoms with E-state index in [-0.39, 0.29) is 5.91 Å². The van der Waals surface area contributed by atoms with Gasteiger partial charge in [-0.3, -0.25) is 9.48 Å². The number of amides is 1. The first-order chi connectivity index (χ1) is 13.5. The van der Waals surface area contributed by atoms with Crippen molar-refractivity contribution in [1.82, 2.24) is 9.78 Å². The fourth-order valence-corrected chi connectivity index (χ4v) is 3.11. The van der Waals surface area contributed by atoms with Gasteiger partial charge in [0, 0.05) is 28.0 Å². The van der Waals surface area contributed by atoms with Crippen LogP contribution < -0.4 is 10.1 Å². The first kappa shape index (κ1) is 19.7. The van der Waals surface area contributed by atoms with Crippen LogP contribution in [0.5, 0.6) is 5.75 Å². The highest BCUT2D eigenvalue weighted by Crippen LogP contribution is 2.20. The van der Waals surface area contributed by atoms with Crippen molar-refractivity contribution in [3.63, 3.8) is 0 Å². The molecule has 1 amide bonds. The minimum absolute atomic E-state index is 0.206. The van der Waals surface area contributed by atoms with Gasteiger partial charge in [-0.1, -0.05) is 29.8 Å². The Balaban J connectivity index is 1.72. The van der Waals surface area contributed by atoms with Crippen molar-refractivity contribution in [2.24, 2.45) is 0 Å². The van der Waals surface area contributed by atoms with Crippen LogP contribution in [-0.2, 0) is 11.3 Å². The Morgan fingerprint density at radius 1 is 1.18 bits per heavy atom. The van der Waals surface area contributed by atoms with E-state index in [1.165, 1.54) is 6.08 Å². The van der Waals surface area contributed by atoms with Gasteiger partial charge in [0.25, 0.3) is 0 Å². The van der Waals surface area contributed by atoms with Crippen molar-refractivity contribution in [2.75, 3.05) is 12.4 Å². The molecule has 3 rings (SSSR count). The lowest BCUT2D eigenvalue weighted by atomic mass is 10.1. The molecule has 0 radical (unpaired) electrons. The van der Waals surface area contributed by atoms with Crippen LogP contribution in [0.3, 0.4) is 0 Å². The lowest BCUT2D eigenvalue weighted by molar-refractivity contribution is -0.111. The Morgan fingerprint density at radius 2 is 1.89 bits per heavy atom. The number of ether oxygens (including phenoxy) is 1. The van der Waals surface area contributed by atoms with Gasteiger partial charge < -0.3 is 10.1 Å². The molecule has 0 spiro atoms. The number of nitrogens with one attached hydrogen (secondary N) is 1. The average Bonchev–Trinajstić information content (AvgIpc) is 2.95. The number of hydrogen-bond donors (Lipinski definition) is 1. The van der Waals surface area contributed by atoms with E-state index >= 15 is 0 Å². The van der Waals surface area contributed by atoms with Crippen LogP contribution in [0.15, 0.2) is 54.6 Å². The zero-order chi connectivity index (χ0) is 20.1. The summed E-state index contributed by atoms with van der Waals surface area (Å²) in [6.07, 6.45) is 3.31. The second-order valence-electron chi connectivity index (χ2n) is 6.38. The van der Waals surface area contributed by atoms with E-state index < -0.39 is 0 Å². The highest BCUT2D eigenvalue weighted by molar-refractivity contribution is 6.31. The Hall–Kier alpha value is -3.05. The quantitative estimate of drug-likeness (QED) is 0.606. The normalized spacial score (nSPS) is 11.0. The fraction of sp³-hybridized carbons (Fsp3) is 0.182. The molecule has 0 atom stereocenters. The minimum Gasteiger partial charge on any atom is -0.497 e. The molecule has 0 fully saturated rings. The molecule has 0 saturated heterocycles. The number of rotatable bonds is 6. The molecule has 1 N–H and O–H groups in total. The Morgan fingerprint density at radius 3 is 2.57 bits per heavy atom. The number of nitrogens with zero attached hydrogens (tertiary/aromatic N) is 2. The number of methoxy groups -OCH3 is 1. The predicted octanol–water partition coefficient (Wildman–Crippen LogP) is 4.86. The molecule has 0 aliphatic heterocycles. The zero-order valence-electron chi connectivity index (χ0n) is 16.1. The summed E-state index contributed by atoms with van der Waals surface area (Å²) < 4.78 is 7.01. The van der Waals surface area contributed by atoms with Crippen molar-refractivity contribution in [2.45, 2.75) is 20.4 Å². The molecule has 5 nitrogen and oxygen atoms in total. The lowest BCUT2D eigenvalue weighted by Crippen LogP contribution is -2.07. The summed E-state index contributed by atoms with van der Waals surface area (Å²) in [5.74, 6) is 0.536. The summed E-state index contributed by atoms with van der Waals surface area (Å²) in [5, 5.41) is 8.13. The van der Waals surface area contributed by atoms with E-state index in [1.54, 1.807) is 37.5 Å². The summed E-state index contributed by atoms with van der Waals surface area (Å²) in [7, 11) is 1.60. The third-order valence-electron chi connectivity index (χ3n) is 4.47. The number of halogens is 1. The summed E-state index contributed by atoms with van der Waals surface area (Å²) in [4.78, 5) is 12.2. The van der Waals surface area contributed by atoms with Gasteiger partial charge in [-0.25, -0.2) is 0 Å². The number of aromatic nitrogens is 2. The number of carbonyl (C=O) groups is 1. The second-order valence-corrected chi connectivity index (χ2v) is 6.79. The van der Waals surface area contributed by atoms with Crippen molar-refractivity contribution >= 4 is 29.3 Å². The fourth-order valence-electron chi connectivity index (χ4n) is 2.91. The first-order valence-corrected chi connectivity index (χ1v) is 9.26. The number of aryl methyl sites for hydroxylation is 1. The largest absolute Gasteiger partial charge is 0.497 e. The van der Waals surface area contributed by atoms with Gasteiger partial charge in [0.05, 0.1) is 19.3 Å². The monoisotopic (exact) mass is 395 g/mol. The molecule has 0 unspecified atom stereocenters. The molecule has 0 bridgehead atoms. The third kappa shape index (κ3) is 4.61. The SMILES string of the molecule is COc1ccc(NC(=O)/C=C/c2c(C)nn(Cc3ccccc3Cl)c2C)cc1. The number of hydrogen-bond acceptors (Lipinski definition) is 3. The molecule has 1 heterocycles. The van der Waals surface area contributed by atoms with Gasteiger partial charge in [0.15, 0.2) is 0 Å². The Kier molecular flexibility index (Phi) is 6.16. The van der Waals surface area contributed by atoms with Crippen LogP contribution in [0.25, 0.3) is 6.08 Å². The molecule has 6 heteroatoms. The first-order valence-electron chi connectivity index (χ1n) is 8.88. The van der Waals surface area contributed by atoms with E-state index in [0.717, 1.165) is 28.3 Å². The summed E-state index contributed by atoms with van der Waals surface area (Å²) in [6.45, 7) is 4.49. The minimum atomic E-state index is -0.206. The van der Waals surface area contributed by atoms with Gasteiger partial charge in [-0.2, -0.15) is 5.10 Å². The molecule has 144 valence electrons. The maximum absolute atomic E-state index is 12.2. The molecule has 3 aromatic rings. The zero-order valence-corrected chi connectivity index (χ0v) is 16.8. The standard InChI is InChI=1S/C22H22ClN3O2/c1-15-20(12-13-22(27)24-18-8-10-19(28-3)11-9-18)16(2)26(25-15)14-17-6-4-5-7-21(17)23/h4-13H,14H2,1-3H3,(H,24,27)/b13-12+. The van der Waals surface area contributed by atoms with Gasteiger partial charge in [0.2, 0.25) is 5.91 Å². The summed E-state index contributed by atoms with van der Waals surface area (Å²) in [5.41, 5.74) is 4.47. The Bertz CT molecular complexity index is 1010. The van der Waals surface area contributed by atoms with Crippen LogP contribution >= 0.6 is 11.6 Å². The van der Waals surface area contributed by atoms with Crippen LogP contribution in [-0.4, -0.2) is 22.8 Å². The highest BCUT2D eigenvalue weighted by Gasteiger charge is 2.11. The average molecular weight is 396 g/mol. The molecule has 1 aromatic heterocycles. The summed E-state index contributed by atoms with van der Waals surface area (Å²) >= 11 is 6.26. The van der Waals surface area contributed by atoms with Crippen molar-refractivity contribution in [1.29, 1.82) is 0 Å². The topological polar surface area (TPSA) is 56.1 Å². The van der Waals surface area contributed by atoms with Gasteiger partial charge in [-0.15, -0.1) is 0 Å². The maximum atomic E-state index is 12.2. The van der Waals surface area contributed by atoms with Gasteiger partial charge in [0.1, 0.15) is 5.75 Å². The van der Waals surface area contributed by atoms with E-state index in [9.17, 15) is 4.79 Å². The molecule has 28 heavy (non-hydrogen) atoms. The number of carbonyl (C=O) groups excluding carboxylic acids is 1. The van der Waals surface area contributed by atoms with E-state index in [2.05, 4.69) is 10.4 Å². The molecule has 2 aromatic carbocycles. The molecule has 0 saturated carbocycles. The van der Waals surface area contributed by atoms with Gasteiger partial charge in [-0.05, 0) is 55.8 Å². The molecular formula is C22H22ClN3O2. The second kappa shape index (κ2) is 8.76. The number of anilines is 1. The Labute approximate surface area is 169 Å². The molecular weight excluding hydrogens is 374 g/mol. The van der Waals surface area contributed by atoms with Crippen LogP contribution in [0, 0.1) is 13.8 Å². The third-order valence-corrected chi connectivity index (χ3v) is 4.84. The highest BCUT2D eigenvalue weighted by atomic mass is 35.5. The maximum Gasteiger partial charge on any atom is 0.248 e.